The Morgan fingerprint density at radius 3 is 2.30 bits per heavy atom. The Morgan fingerprint density at radius 2 is 1.45 bits per heavy atom. The molecule has 0 aromatic heterocycles. The average Bonchev–Trinajstić information content (AvgIpc) is 2.87. The molecule has 0 atom stereocenters. The molecular weight excluding hydrogens is 240 g/mol. The first-order valence-corrected chi connectivity index (χ1v) is 6.89. The summed E-state index contributed by atoms with van der Waals surface area (Å²) in [6.45, 7) is 0. The van der Waals surface area contributed by atoms with Crippen LogP contribution in [0.5, 0.6) is 0 Å². The van der Waals surface area contributed by atoms with E-state index in [2.05, 4.69) is 78.9 Å². The van der Waals surface area contributed by atoms with Crippen LogP contribution in [-0.4, -0.2) is 0 Å². The van der Waals surface area contributed by atoms with Gasteiger partial charge in [0.25, 0.3) is 0 Å². The van der Waals surface area contributed by atoms with Crippen molar-refractivity contribution in [2.45, 2.75) is 0 Å². The molecular formula is C20H14. The largest absolute Gasteiger partial charge is 0.0622 e. The lowest BCUT2D eigenvalue weighted by atomic mass is 10.0. The quantitative estimate of drug-likeness (QED) is 0.573. The van der Waals surface area contributed by atoms with E-state index in [4.69, 9.17) is 0 Å². The molecule has 3 aromatic carbocycles. The van der Waals surface area contributed by atoms with Crippen LogP contribution in [0.15, 0.2) is 72.8 Å². The molecule has 1 aliphatic carbocycles. The van der Waals surface area contributed by atoms with Crippen LogP contribution in [0.3, 0.4) is 0 Å². The van der Waals surface area contributed by atoms with Crippen LogP contribution < -0.4 is 0 Å². The Kier molecular flexibility index (Phi) is 2.53. The number of benzene rings is 3. The fourth-order valence-corrected chi connectivity index (χ4v) is 2.86. The highest BCUT2D eigenvalue weighted by Crippen LogP contribution is 2.37. The van der Waals surface area contributed by atoms with Gasteiger partial charge in [-0.25, -0.2) is 0 Å². The normalized spacial score (nSPS) is 13.1. The third-order valence-corrected chi connectivity index (χ3v) is 3.81. The summed E-state index contributed by atoms with van der Waals surface area (Å²) in [5.41, 5.74) is 5.19. The van der Waals surface area contributed by atoms with Gasteiger partial charge < -0.3 is 0 Å². The molecule has 4 rings (SSSR count). The Bertz CT molecular complexity index is 831. The SMILES string of the molecule is C(=Cc1ccccc1)C1=Cc2cccc3cccc1c23. The monoisotopic (exact) mass is 254 g/mol. The molecule has 20 heavy (non-hydrogen) atoms. The zero-order valence-corrected chi connectivity index (χ0v) is 11.1. The molecule has 0 saturated heterocycles. The molecule has 0 heterocycles. The summed E-state index contributed by atoms with van der Waals surface area (Å²) in [6.07, 6.45) is 6.66. The highest BCUT2D eigenvalue weighted by molar-refractivity contribution is 6.11. The molecule has 0 amide bonds. The van der Waals surface area contributed by atoms with E-state index in [0.717, 1.165) is 0 Å². The molecule has 0 radical (unpaired) electrons. The van der Waals surface area contributed by atoms with Gasteiger partial charge in [0.05, 0.1) is 0 Å². The van der Waals surface area contributed by atoms with Crippen LogP contribution in [0.1, 0.15) is 16.7 Å². The fraction of sp³-hybridized carbons (Fsp3) is 0. The van der Waals surface area contributed by atoms with Gasteiger partial charge in [0, 0.05) is 0 Å². The second-order valence-electron chi connectivity index (χ2n) is 5.09. The second-order valence-corrected chi connectivity index (χ2v) is 5.09. The van der Waals surface area contributed by atoms with Crippen molar-refractivity contribution < 1.29 is 0 Å². The first-order chi connectivity index (χ1) is 9.92. The Morgan fingerprint density at radius 1 is 0.650 bits per heavy atom. The lowest BCUT2D eigenvalue weighted by Crippen LogP contribution is -1.79. The van der Waals surface area contributed by atoms with Crippen molar-refractivity contribution in [3.63, 3.8) is 0 Å². The van der Waals surface area contributed by atoms with Gasteiger partial charge in [-0.15, -0.1) is 0 Å². The molecule has 0 aliphatic heterocycles. The van der Waals surface area contributed by atoms with E-state index < -0.39 is 0 Å². The van der Waals surface area contributed by atoms with Gasteiger partial charge in [0.2, 0.25) is 0 Å². The van der Waals surface area contributed by atoms with E-state index in [1.165, 1.54) is 33.0 Å². The zero-order valence-electron chi connectivity index (χ0n) is 11.1. The van der Waals surface area contributed by atoms with Crippen molar-refractivity contribution in [2.24, 2.45) is 0 Å². The number of hydrogen-bond acceptors (Lipinski definition) is 0. The molecule has 94 valence electrons. The fourth-order valence-electron chi connectivity index (χ4n) is 2.86. The van der Waals surface area contributed by atoms with Crippen LogP contribution in [0, 0.1) is 0 Å². The van der Waals surface area contributed by atoms with Crippen molar-refractivity contribution in [3.8, 4) is 0 Å². The first-order valence-electron chi connectivity index (χ1n) is 6.89. The van der Waals surface area contributed by atoms with E-state index in [1.54, 1.807) is 0 Å². The maximum atomic E-state index is 2.27. The molecule has 0 unspecified atom stereocenters. The molecule has 0 N–H and O–H groups in total. The third kappa shape index (κ3) is 1.78. The Balaban J connectivity index is 1.80. The summed E-state index contributed by atoms with van der Waals surface area (Å²) in [5, 5.41) is 2.70. The van der Waals surface area contributed by atoms with Crippen LogP contribution in [0.25, 0.3) is 28.5 Å². The van der Waals surface area contributed by atoms with Crippen molar-refractivity contribution in [1.82, 2.24) is 0 Å². The van der Waals surface area contributed by atoms with Gasteiger partial charge in [0.15, 0.2) is 0 Å². The van der Waals surface area contributed by atoms with Gasteiger partial charge in [-0.05, 0) is 39.1 Å². The first kappa shape index (κ1) is 11.2. The maximum absolute atomic E-state index is 2.27. The van der Waals surface area contributed by atoms with Crippen LogP contribution in [0.4, 0.5) is 0 Å². The molecule has 0 spiro atoms. The average molecular weight is 254 g/mol. The topological polar surface area (TPSA) is 0 Å². The van der Waals surface area contributed by atoms with Crippen molar-refractivity contribution >= 4 is 28.5 Å². The van der Waals surface area contributed by atoms with Crippen molar-refractivity contribution in [3.05, 3.63) is 89.5 Å². The predicted molar refractivity (Wildman–Crippen MR) is 87.3 cm³/mol. The number of allylic oxidation sites excluding steroid dienone is 2. The summed E-state index contributed by atoms with van der Waals surface area (Å²) in [7, 11) is 0. The number of rotatable bonds is 2. The third-order valence-electron chi connectivity index (χ3n) is 3.81. The predicted octanol–water partition coefficient (Wildman–Crippen LogP) is 5.41. The lowest BCUT2D eigenvalue weighted by Gasteiger charge is -2.02. The lowest BCUT2D eigenvalue weighted by molar-refractivity contribution is 1.66. The molecule has 0 fully saturated rings. The minimum atomic E-state index is 1.23. The van der Waals surface area contributed by atoms with E-state index in [0.29, 0.717) is 0 Å². The minimum absolute atomic E-state index is 1.23. The van der Waals surface area contributed by atoms with Crippen LogP contribution >= 0.6 is 0 Å². The van der Waals surface area contributed by atoms with Gasteiger partial charge >= 0.3 is 0 Å². The van der Waals surface area contributed by atoms with E-state index in [9.17, 15) is 0 Å². The number of hydrogen-bond donors (Lipinski definition) is 0. The van der Waals surface area contributed by atoms with Gasteiger partial charge in [-0.1, -0.05) is 78.9 Å². The molecule has 0 heteroatoms. The molecule has 1 aliphatic rings. The smallest absolute Gasteiger partial charge is 0.00326 e. The molecule has 3 aromatic rings. The standard InChI is InChI=1S/C20H14/c1-2-6-15(7-3-1)12-13-17-14-18-10-4-8-16-9-5-11-19(17)20(16)18/h1-14H. The Hall–Kier alpha value is -2.60. The van der Waals surface area contributed by atoms with Gasteiger partial charge in [-0.3, -0.25) is 0 Å². The van der Waals surface area contributed by atoms with Crippen LogP contribution in [-0.2, 0) is 0 Å². The Labute approximate surface area is 118 Å². The molecule has 0 saturated carbocycles. The van der Waals surface area contributed by atoms with E-state index >= 15 is 0 Å². The van der Waals surface area contributed by atoms with Crippen molar-refractivity contribution in [1.29, 1.82) is 0 Å². The molecule has 0 nitrogen and oxygen atoms in total. The second kappa shape index (κ2) is 4.50. The molecule has 0 bridgehead atoms. The summed E-state index contributed by atoms with van der Waals surface area (Å²) >= 11 is 0. The van der Waals surface area contributed by atoms with E-state index in [-0.39, 0.29) is 0 Å². The van der Waals surface area contributed by atoms with Crippen LogP contribution in [0.2, 0.25) is 0 Å². The minimum Gasteiger partial charge on any atom is -0.0622 e. The van der Waals surface area contributed by atoms with Gasteiger partial charge in [-0.2, -0.15) is 0 Å². The van der Waals surface area contributed by atoms with E-state index in [1.807, 2.05) is 6.07 Å². The highest BCUT2D eigenvalue weighted by Gasteiger charge is 2.13. The van der Waals surface area contributed by atoms with Gasteiger partial charge in [0.1, 0.15) is 0 Å². The summed E-state index contributed by atoms with van der Waals surface area (Å²) in [5.74, 6) is 0. The van der Waals surface area contributed by atoms with Crippen molar-refractivity contribution in [2.75, 3.05) is 0 Å². The summed E-state index contributed by atoms with van der Waals surface area (Å²) < 4.78 is 0. The maximum Gasteiger partial charge on any atom is -0.00326 e. The summed E-state index contributed by atoms with van der Waals surface area (Å²) in [6, 6.07) is 23.5. The zero-order chi connectivity index (χ0) is 13.4. The highest BCUT2D eigenvalue weighted by atomic mass is 14.2. The summed E-state index contributed by atoms with van der Waals surface area (Å²) in [4.78, 5) is 0.